The summed E-state index contributed by atoms with van der Waals surface area (Å²) in [5.74, 6) is 1.79. The molecule has 0 saturated carbocycles. The first kappa shape index (κ1) is 39.3. The third kappa shape index (κ3) is 6.07. The predicted octanol–water partition coefficient (Wildman–Crippen LogP) is 16.7. The summed E-state index contributed by atoms with van der Waals surface area (Å²) in [6.45, 7) is 4.70. The van der Waals surface area contributed by atoms with E-state index in [1.165, 1.54) is 66.1 Å². The monoisotopic (exact) mass is 882 g/mol. The lowest BCUT2D eigenvalue weighted by atomic mass is 9.82. The van der Waals surface area contributed by atoms with Gasteiger partial charge in [0.2, 0.25) is 0 Å². The molecule has 3 aromatic heterocycles. The zero-order valence-electron chi connectivity index (χ0n) is 38.0. The van der Waals surface area contributed by atoms with E-state index in [-0.39, 0.29) is 5.41 Å². The molecule has 0 unspecified atom stereocenters. The van der Waals surface area contributed by atoms with Crippen molar-refractivity contribution in [3.63, 3.8) is 0 Å². The van der Waals surface area contributed by atoms with Gasteiger partial charge in [-0.1, -0.05) is 178 Å². The number of hydrogen-bond acceptors (Lipinski definition) is 4. The number of nitrogens with zero attached hydrogens (tertiary/aromatic N) is 4. The summed E-state index contributed by atoms with van der Waals surface area (Å²) in [6.07, 6.45) is 0. The summed E-state index contributed by atoms with van der Waals surface area (Å²) in [4.78, 5) is 15.3. The highest BCUT2D eigenvalue weighted by Crippen LogP contribution is 2.52. The van der Waals surface area contributed by atoms with E-state index < -0.39 is 0 Å². The largest absolute Gasteiger partial charge is 0.456 e. The van der Waals surface area contributed by atoms with E-state index in [1.54, 1.807) is 0 Å². The van der Waals surface area contributed by atoms with Crippen LogP contribution in [0.2, 0.25) is 0 Å². The molecule has 0 N–H and O–H groups in total. The molecule has 0 atom stereocenters. The van der Waals surface area contributed by atoms with Crippen LogP contribution in [0.5, 0.6) is 0 Å². The maximum atomic E-state index is 6.30. The van der Waals surface area contributed by atoms with Gasteiger partial charge in [-0.05, 0) is 104 Å². The van der Waals surface area contributed by atoms with E-state index in [0.29, 0.717) is 17.5 Å². The lowest BCUT2D eigenvalue weighted by Gasteiger charge is -2.21. The van der Waals surface area contributed by atoms with Crippen LogP contribution in [0.15, 0.2) is 223 Å². The average molecular weight is 883 g/mol. The Morgan fingerprint density at radius 1 is 0.391 bits per heavy atom. The van der Waals surface area contributed by atoms with Crippen molar-refractivity contribution in [1.29, 1.82) is 0 Å². The fraction of sp³-hybridized carbons (Fsp3) is 0.0469. The quantitative estimate of drug-likeness (QED) is 0.167. The molecule has 0 amide bonds. The molecule has 0 fully saturated rings. The first-order valence-electron chi connectivity index (χ1n) is 23.6. The number of benzene rings is 10. The van der Waals surface area contributed by atoms with Gasteiger partial charge in [0.05, 0.1) is 11.0 Å². The van der Waals surface area contributed by atoms with Crippen molar-refractivity contribution in [3.8, 4) is 73.2 Å². The van der Waals surface area contributed by atoms with Crippen molar-refractivity contribution in [2.45, 2.75) is 19.3 Å². The molecule has 5 nitrogen and oxygen atoms in total. The number of fused-ring (bicyclic) bond motifs is 11. The molecule has 13 aromatic rings. The minimum absolute atomic E-state index is 0.0778. The molecular formula is C64H42N4O. The number of furan rings is 1. The summed E-state index contributed by atoms with van der Waals surface area (Å²) < 4.78 is 8.74. The van der Waals surface area contributed by atoms with Gasteiger partial charge in [0.25, 0.3) is 0 Å². The molecular weight excluding hydrogens is 841 g/mol. The highest BCUT2D eigenvalue weighted by atomic mass is 16.3. The molecule has 0 radical (unpaired) electrons. The summed E-state index contributed by atoms with van der Waals surface area (Å²) in [6, 6.07) is 78.1. The highest BCUT2D eigenvalue weighted by molar-refractivity contribution is 6.23. The van der Waals surface area contributed by atoms with E-state index >= 15 is 0 Å². The SMILES string of the molecule is CC1(C)c2ccccc2-c2c(-c3cccc(-c4cccc5c6c7ccccc7ccc6n(-c6ccc(-c7nc(-c8ccccc8)nc(-c8ccc9c(c8)oc8ccccc89)n7)cc6)c45)c3)cccc21. The van der Waals surface area contributed by atoms with Crippen molar-refractivity contribution in [3.05, 3.63) is 230 Å². The molecule has 5 heteroatoms. The topological polar surface area (TPSA) is 56.7 Å². The number of para-hydroxylation sites is 2. The van der Waals surface area contributed by atoms with Crippen molar-refractivity contribution in [2.75, 3.05) is 0 Å². The smallest absolute Gasteiger partial charge is 0.164 e. The van der Waals surface area contributed by atoms with Crippen molar-refractivity contribution < 1.29 is 4.42 Å². The molecule has 0 saturated heterocycles. The molecule has 1 aliphatic carbocycles. The van der Waals surface area contributed by atoms with Gasteiger partial charge in [-0.2, -0.15) is 0 Å². The van der Waals surface area contributed by atoms with Gasteiger partial charge < -0.3 is 8.98 Å². The standard InChI is InChI=1S/C64H42N4O/c1-64(2)53-26-10-8-22-51(53)58-47(23-14-27-54(58)64)42-18-12-19-43(37-42)48-24-13-25-52-59-46-20-7-6-15-39(46)32-36-55(59)68(60(48)52)45-33-29-41(30-34-45)62-65-61(40-16-4-3-5-17-40)66-63(67-62)44-31-35-50-49-21-9-11-28-56(49)69-57(50)38-44/h3-38H,1-2H3. The Hall–Kier alpha value is -8.93. The second-order valence-corrected chi connectivity index (χ2v) is 18.7. The minimum atomic E-state index is -0.0778. The Labute approximate surface area is 398 Å². The first-order valence-corrected chi connectivity index (χ1v) is 23.6. The summed E-state index contributed by atoms with van der Waals surface area (Å²) in [7, 11) is 0. The Bertz CT molecular complexity index is 4220. The van der Waals surface area contributed by atoms with Crippen LogP contribution >= 0.6 is 0 Å². The third-order valence-corrected chi connectivity index (χ3v) is 14.5. The van der Waals surface area contributed by atoms with Gasteiger partial charge in [-0.15, -0.1) is 0 Å². The number of rotatable bonds is 6. The van der Waals surface area contributed by atoms with Crippen molar-refractivity contribution in [1.82, 2.24) is 19.5 Å². The molecule has 0 bridgehead atoms. The molecule has 324 valence electrons. The van der Waals surface area contributed by atoms with Crippen LogP contribution in [0, 0.1) is 0 Å². The second kappa shape index (κ2) is 15.0. The van der Waals surface area contributed by atoms with E-state index in [9.17, 15) is 0 Å². The maximum absolute atomic E-state index is 6.30. The van der Waals surface area contributed by atoms with Crippen molar-refractivity contribution >= 4 is 54.5 Å². The zero-order valence-corrected chi connectivity index (χ0v) is 38.0. The Kier molecular flexibility index (Phi) is 8.56. The van der Waals surface area contributed by atoms with Gasteiger partial charge >= 0.3 is 0 Å². The minimum Gasteiger partial charge on any atom is -0.456 e. The second-order valence-electron chi connectivity index (χ2n) is 18.7. The molecule has 3 heterocycles. The van der Waals surface area contributed by atoms with Crippen LogP contribution in [0.25, 0.3) is 128 Å². The maximum Gasteiger partial charge on any atom is 0.164 e. The van der Waals surface area contributed by atoms with Crippen LogP contribution in [-0.2, 0) is 5.41 Å². The van der Waals surface area contributed by atoms with Crippen LogP contribution in [-0.4, -0.2) is 19.5 Å². The first-order chi connectivity index (χ1) is 34.0. The molecule has 0 aliphatic heterocycles. The van der Waals surface area contributed by atoms with E-state index in [4.69, 9.17) is 19.4 Å². The van der Waals surface area contributed by atoms with Crippen LogP contribution in [0.1, 0.15) is 25.0 Å². The van der Waals surface area contributed by atoms with Gasteiger partial charge in [-0.3, -0.25) is 0 Å². The predicted molar refractivity (Wildman–Crippen MR) is 284 cm³/mol. The van der Waals surface area contributed by atoms with Gasteiger partial charge in [-0.25, -0.2) is 15.0 Å². The molecule has 69 heavy (non-hydrogen) atoms. The Morgan fingerprint density at radius 3 is 1.81 bits per heavy atom. The highest BCUT2D eigenvalue weighted by Gasteiger charge is 2.36. The fourth-order valence-corrected chi connectivity index (χ4v) is 11.2. The Balaban J connectivity index is 0.931. The van der Waals surface area contributed by atoms with Crippen LogP contribution < -0.4 is 0 Å². The van der Waals surface area contributed by atoms with Gasteiger partial charge in [0, 0.05) is 54.9 Å². The van der Waals surface area contributed by atoms with E-state index in [1.807, 2.05) is 54.6 Å². The molecule has 0 spiro atoms. The number of aromatic nitrogens is 4. The normalized spacial score (nSPS) is 12.9. The van der Waals surface area contributed by atoms with Gasteiger partial charge in [0.1, 0.15) is 11.2 Å². The van der Waals surface area contributed by atoms with E-state index in [0.717, 1.165) is 55.3 Å². The summed E-state index contributed by atoms with van der Waals surface area (Å²) >= 11 is 0. The average Bonchev–Trinajstić information content (AvgIpc) is 4.04. The lowest BCUT2D eigenvalue weighted by Crippen LogP contribution is -2.14. The van der Waals surface area contributed by atoms with E-state index in [2.05, 4.69) is 182 Å². The Morgan fingerprint density at radius 2 is 0.971 bits per heavy atom. The third-order valence-electron chi connectivity index (χ3n) is 14.5. The summed E-state index contributed by atoms with van der Waals surface area (Å²) in [5, 5.41) is 7.04. The van der Waals surface area contributed by atoms with Crippen LogP contribution in [0.4, 0.5) is 0 Å². The lowest BCUT2D eigenvalue weighted by molar-refractivity contribution is 0.660. The number of hydrogen-bond donors (Lipinski definition) is 0. The van der Waals surface area contributed by atoms with Crippen molar-refractivity contribution in [2.24, 2.45) is 0 Å². The summed E-state index contributed by atoms with van der Waals surface area (Å²) in [5.41, 5.74) is 17.8. The zero-order chi connectivity index (χ0) is 45.8. The molecule has 14 rings (SSSR count). The van der Waals surface area contributed by atoms with Gasteiger partial charge in [0.15, 0.2) is 17.5 Å². The van der Waals surface area contributed by atoms with Crippen LogP contribution in [0.3, 0.4) is 0 Å². The molecule has 10 aromatic carbocycles. The molecule has 1 aliphatic rings. The fourth-order valence-electron chi connectivity index (χ4n) is 11.2.